The zero-order valence-electron chi connectivity index (χ0n) is 9.93. The molecule has 0 fully saturated rings. The largest absolute Gasteiger partial charge is 1.00 e. The highest BCUT2D eigenvalue weighted by Gasteiger charge is 1.96. The molecule has 0 atom stereocenters. The highest BCUT2D eigenvalue weighted by molar-refractivity contribution is 5.08. The van der Waals surface area contributed by atoms with E-state index in [1.54, 1.807) is 12.3 Å². The van der Waals surface area contributed by atoms with Gasteiger partial charge in [-0.1, -0.05) is 18.2 Å². The van der Waals surface area contributed by atoms with Crippen molar-refractivity contribution in [2.24, 2.45) is 0 Å². The summed E-state index contributed by atoms with van der Waals surface area (Å²) in [6, 6.07) is 13.3. The lowest BCUT2D eigenvalue weighted by Crippen LogP contribution is -2.04. The van der Waals surface area contributed by atoms with Crippen LogP contribution in [0.15, 0.2) is 48.7 Å². The first kappa shape index (κ1) is 10.5. The highest BCUT2D eigenvalue weighted by atomic mass is 14.7. The Morgan fingerprint density at radius 3 is 2.44 bits per heavy atom. The van der Waals surface area contributed by atoms with Gasteiger partial charge >= 0.3 is 1.43 Å². The summed E-state index contributed by atoms with van der Waals surface area (Å²) in [5.41, 5.74) is 2.30. The summed E-state index contributed by atoms with van der Waals surface area (Å²) in [5.74, 6) is 0. The number of nitrogens with zero attached hydrogens (tertiary/aromatic N) is 2. The van der Waals surface area contributed by atoms with Gasteiger partial charge in [0.05, 0.1) is 0 Å². The summed E-state index contributed by atoms with van der Waals surface area (Å²) in [4.78, 5) is 8.45. The van der Waals surface area contributed by atoms with Crippen LogP contribution in [0.5, 0.6) is 0 Å². The maximum atomic E-state index is 7.51. The van der Waals surface area contributed by atoms with Crippen molar-refractivity contribution in [2.75, 3.05) is 0 Å². The molecule has 3 heteroatoms. The number of pyridine rings is 1. The Balaban J connectivity index is 0.00000144. The van der Waals surface area contributed by atoms with Crippen molar-refractivity contribution in [3.8, 4) is 0 Å². The van der Waals surface area contributed by atoms with E-state index in [0.29, 0.717) is 5.49 Å². The average molecular weight is 212 g/mol. The molecule has 2 aromatic heterocycles. The number of hydrogen-bond acceptors (Lipinski definition) is 3. The first-order chi connectivity index (χ1) is 7.84. The maximum absolute atomic E-state index is 7.51. The number of aromatic nitrogens is 2. The molecule has 0 bridgehead atoms. The molecule has 2 aromatic rings. The molecular formula is C13H14N3+. The third-order valence-corrected chi connectivity index (χ3v) is 2.28. The molecule has 80 valence electrons. The molecule has 0 saturated heterocycles. The molecule has 0 unspecified atom stereocenters. The molecule has 0 radical (unpaired) electrons. The summed E-state index contributed by atoms with van der Waals surface area (Å²) in [5, 5.41) is 7.51. The fourth-order valence-corrected chi connectivity index (χ4v) is 1.48. The normalized spacial score (nSPS) is 10.0. The summed E-state index contributed by atoms with van der Waals surface area (Å²) < 4.78 is 0. The van der Waals surface area contributed by atoms with E-state index in [1.807, 2.05) is 36.4 Å². The molecule has 16 heavy (non-hydrogen) atoms. The van der Waals surface area contributed by atoms with E-state index in [0.717, 1.165) is 24.2 Å². The molecule has 0 spiro atoms. The van der Waals surface area contributed by atoms with E-state index in [1.165, 1.54) is 0 Å². The van der Waals surface area contributed by atoms with Gasteiger partial charge in [-0.25, -0.2) is 4.98 Å². The van der Waals surface area contributed by atoms with Crippen LogP contribution in [0.25, 0.3) is 0 Å². The third-order valence-electron chi connectivity index (χ3n) is 2.28. The molecule has 2 rings (SSSR count). The molecule has 0 amide bonds. The van der Waals surface area contributed by atoms with Crippen molar-refractivity contribution in [2.45, 2.75) is 12.8 Å². The fraction of sp³-hybridized carbons (Fsp3) is 0.154. The number of hydrogen-bond donors (Lipinski definition) is 1. The Morgan fingerprint density at radius 1 is 0.938 bits per heavy atom. The van der Waals surface area contributed by atoms with Gasteiger partial charge in [0.25, 0.3) is 0 Å². The van der Waals surface area contributed by atoms with Crippen molar-refractivity contribution in [3.63, 3.8) is 0 Å². The summed E-state index contributed by atoms with van der Waals surface area (Å²) in [7, 11) is 0. The Morgan fingerprint density at radius 2 is 1.62 bits per heavy atom. The predicted molar refractivity (Wildman–Crippen MR) is 62.8 cm³/mol. The van der Waals surface area contributed by atoms with Gasteiger partial charge in [0.2, 0.25) is 0 Å². The summed E-state index contributed by atoms with van der Waals surface area (Å²) in [6.45, 7) is 0. The van der Waals surface area contributed by atoms with Crippen LogP contribution in [0.2, 0.25) is 0 Å². The second-order valence-electron chi connectivity index (χ2n) is 3.53. The van der Waals surface area contributed by atoms with Crippen LogP contribution in [-0.2, 0) is 12.8 Å². The highest BCUT2D eigenvalue weighted by Crippen LogP contribution is 2.00. The smallest absolute Gasteiger partial charge is 0.283 e. The monoisotopic (exact) mass is 212 g/mol. The fourth-order valence-electron chi connectivity index (χ4n) is 1.48. The number of nitrogens with one attached hydrogen (secondary N) is 1. The molecule has 1 N–H and O–H groups in total. The topological polar surface area (TPSA) is 49.6 Å². The van der Waals surface area contributed by atoms with Gasteiger partial charge in [0.15, 0.2) is 0 Å². The Labute approximate surface area is 95.8 Å². The van der Waals surface area contributed by atoms with E-state index in [2.05, 4.69) is 9.97 Å². The lowest BCUT2D eigenvalue weighted by atomic mass is 10.2. The molecule has 0 aromatic carbocycles. The average Bonchev–Trinajstić information content (AvgIpc) is 2.52. The van der Waals surface area contributed by atoms with Crippen molar-refractivity contribution in [3.05, 3.63) is 65.5 Å². The molecular weight excluding hydrogens is 198 g/mol. The predicted octanol–water partition coefficient (Wildman–Crippen LogP) is 1.85. The van der Waals surface area contributed by atoms with Crippen LogP contribution in [0.4, 0.5) is 0 Å². The van der Waals surface area contributed by atoms with Crippen molar-refractivity contribution in [1.82, 2.24) is 9.97 Å². The maximum Gasteiger partial charge on any atom is 1.00 e. The van der Waals surface area contributed by atoms with Gasteiger partial charge in [0.1, 0.15) is 5.49 Å². The Bertz CT molecular complexity index is 514. The molecule has 0 saturated carbocycles. The van der Waals surface area contributed by atoms with Crippen LogP contribution in [-0.4, -0.2) is 9.97 Å². The lowest BCUT2D eigenvalue weighted by molar-refractivity contribution is 0.870. The van der Waals surface area contributed by atoms with Crippen molar-refractivity contribution < 1.29 is 1.43 Å². The van der Waals surface area contributed by atoms with Crippen molar-refractivity contribution >= 4 is 0 Å². The van der Waals surface area contributed by atoms with Gasteiger partial charge in [-0.15, -0.1) is 0 Å². The Kier molecular flexibility index (Phi) is 3.38. The van der Waals surface area contributed by atoms with E-state index in [-0.39, 0.29) is 1.43 Å². The van der Waals surface area contributed by atoms with Gasteiger partial charge in [0, 0.05) is 17.6 Å². The van der Waals surface area contributed by atoms with Crippen LogP contribution in [0.1, 0.15) is 12.8 Å². The SMILES string of the molecule is N=c1ccccc(CCc2ccccn2)n1.[H+]. The first-order valence-corrected chi connectivity index (χ1v) is 5.25. The minimum absolute atomic E-state index is 0. The zero-order valence-corrected chi connectivity index (χ0v) is 8.93. The lowest BCUT2D eigenvalue weighted by Gasteiger charge is -1.97. The van der Waals surface area contributed by atoms with E-state index in [4.69, 9.17) is 5.41 Å². The van der Waals surface area contributed by atoms with Crippen molar-refractivity contribution in [1.29, 1.82) is 5.41 Å². The molecule has 0 aliphatic rings. The molecule has 3 nitrogen and oxygen atoms in total. The van der Waals surface area contributed by atoms with Crippen LogP contribution >= 0.6 is 0 Å². The standard InChI is InChI=1S/C13H13N3/c14-13-7-2-1-6-12(16-13)9-8-11-5-3-4-10-15-11/h1-7,10,14H,8-9H2/p+1. The summed E-state index contributed by atoms with van der Waals surface area (Å²) in [6.07, 6.45) is 3.47. The molecule has 0 aliphatic heterocycles. The number of aryl methyl sites for hydroxylation is 2. The van der Waals surface area contributed by atoms with Gasteiger partial charge in [-0.2, -0.15) is 0 Å². The molecule has 2 heterocycles. The van der Waals surface area contributed by atoms with Gasteiger partial charge in [-0.3, -0.25) is 10.4 Å². The van der Waals surface area contributed by atoms with Crippen LogP contribution < -0.4 is 5.49 Å². The number of rotatable bonds is 3. The second-order valence-corrected chi connectivity index (χ2v) is 3.53. The Hall–Kier alpha value is -2.03. The first-order valence-electron chi connectivity index (χ1n) is 5.25. The third kappa shape index (κ3) is 2.98. The summed E-state index contributed by atoms with van der Waals surface area (Å²) >= 11 is 0. The van der Waals surface area contributed by atoms with E-state index >= 15 is 0 Å². The van der Waals surface area contributed by atoms with Crippen LogP contribution in [0, 0.1) is 5.41 Å². The molecule has 0 aliphatic carbocycles. The zero-order chi connectivity index (χ0) is 11.2. The van der Waals surface area contributed by atoms with Gasteiger partial charge in [-0.05, 0) is 37.1 Å². The van der Waals surface area contributed by atoms with E-state index < -0.39 is 0 Å². The quantitative estimate of drug-likeness (QED) is 0.844. The second kappa shape index (κ2) is 5.16. The minimum atomic E-state index is 0. The van der Waals surface area contributed by atoms with Gasteiger partial charge < -0.3 is 0 Å². The van der Waals surface area contributed by atoms with Crippen LogP contribution in [0.3, 0.4) is 0 Å². The minimum Gasteiger partial charge on any atom is -0.283 e. The van der Waals surface area contributed by atoms with E-state index in [9.17, 15) is 0 Å².